The number of anilines is 1. The van der Waals surface area contributed by atoms with Crippen molar-refractivity contribution in [3.05, 3.63) is 23.9 Å². The fraction of sp³-hybridized carbons (Fsp3) is 0.643. The van der Waals surface area contributed by atoms with E-state index in [1.165, 1.54) is 24.8 Å². The predicted octanol–water partition coefficient (Wildman–Crippen LogP) is 3.63. The van der Waals surface area contributed by atoms with Gasteiger partial charge < -0.3 is 5.32 Å². The van der Waals surface area contributed by atoms with Crippen LogP contribution in [0, 0.1) is 18.8 Å². The molecule has 0 radical (unpaired) electrons. The predicted molar refractivity (Wildman–Crippen MR) is 68.6 cm³/mol. The molecule has 1 fully saturated rings. The molecule has 1 aliphatic carbocycles. The lowest BCUT2D eigenvalue weighted by molar-refractivity contribution is 0.253. The molecule has 1 saturated carbocycles. The number of hydrogen-bond acceptors (Lipinski definition) is 2. The summed E-state index contributed by atoms with van der Waals surface area (Å²) in [6, 6.07) is 4.80. The van der Waals surface area contributed by atoms with Gasteiger partial charge in [0.2, 0.25) is 0 Å². The number of aromatic nitrogens is 1. The van der Waals surface area contributed by atoms with Crippen LogP contribution in [-0.2, 0) is 0 Å². The van der Waals surface area contributed by atoms with Crippen LogP contribution in [0.25, 0.3) is 0 Å². The summed E-state index contributed by atoms with van der Waals surface area (Å²) in [7, 11) is 0. The largest absolute Gasteiger partial charge is 0.367 e. The lowest BCUT2D eigenvalue weighted by Gasteiger charge is -2.34. The second-order valence-corrected chi connectivity index (χ2v) is 5.24. The van der Waals surface area contributed by atoms with Gasteiger partial charge in [-0.2, -0.15) is 0 Å². The van der Waals surface area contributed by atoms with E-state index < -0.39 is 0 Å². The molecule has 0 aromatic carbocycles. The molecule has 16 heavy (non-hydrogen) atoms. The maximum absolute atomic E-state index is 4.42. The van der Waals surface area contributed by atoms with E-state index >= 15 is 0 Å². The summed E-state index contributed by atoms with van der Waals surface area (Å²) in [6.45, 7) is 6.79. The molecule has 0 spiro atoms. The first-order chi connectivity index (χ1) is 7.66. The van der Waals surface area contributed by atoms with Gasteiger partial charge in [0.1, 0.15) is 5.82 Å². The average Bonchev–Trinajstić information content (AvgIpc) is 2.28. The van der Waals surface area contributed by atoms with Crippen LogP contribution in [0.15, 0.2) is 18.3 Å². The minimum atomic E-state index is 0.596. The summed E-state index contributed by atoms with van der Waals surface area (Å²) in [6.07, 6.45) is 5.93. The van der Waals surface area contributed by atoms with Crippen LogP contribution in [0.2, 0.25) is 0 Å². The summed E-state index contributed by atoms with van der Waals surface area (Å²) in [4.78, 5) is 4.42. The van der Waals surface area contributed by atoms with Crippen molar-refractivity contribution in [1.29, 1.82) is 0 Å². The monoisotopic (exact) mass is 218 g/mol. The van der Waals surface area contributed by atoms with Crippen LogP contribution < -0.4 is 5.32 Å². The molecule has 88 valence electrons. The summed E-state index contributed by atoms with van der Waals surface area (Å²) in [5, 5.41) is 3.58. The van der Waals surface area contributed by atoms with E-state index in [4.69, 9.17) is 0 Å². The Balaban J connectivity index is 2.00. The van der Waals surface area contributed by atoms with Crippen LogP contribution in [0.5, 0.6) is 0 Å². The number of pyridine rings is 1. The van der Waals surface area contributed by atoms with Crippen molar-refractivity contribution in [2.45, 2.75) is 46.1 Å². The van der Waals surface area contributed by atoms with Gasteiger partial charge in [-0.05, 0) is 36.8 Å². The number of nitrogens with zero attached hydrogens (tertiary/aromatic N) is 1. The highest BCUT2D eigenvalue weighted by Crippen LogP contribution is 2.31. The first-order valence-electron chi connectivity index (χ1n) is 6.36. The summed E-state index contributed by atoms with van der Waals surface area (Å²) >= 11 is 0. The summed E-state index contributed by atoms with van der Waals surface area (Å²) in [5.41, 5.74) is 1.22. The van der Waals surface area contributed by atoms with Crippen molar-refractivity contribution in [3.8, 4) is 0 Å². The Bertz CT molecular complexity index is 331. The zero-order valence-corrected chi connectivity index (χ0v) is 10.5. The minimum Gasteiger partial charge on any atom is -0.367 e. The van der Waals surface area contributed by atoms with Gasteiger partial charge in [0.25, 0.3) is 0 Å². The lowest BCUT2D eigenvalue weighted by atomic mass is 9.78. The average molecular weight is 218 g/mol. The van der Waals surface area contributed by atoms with Gasteiger partial charge in [-0.25, -0.2) is 4.98 Å². The molecule has 1 N–H and O–H groups in total. The third-order valence-electron chi connectivity index (χ3n) is 3.95. The van der Waals surface area contributed by atoms with Crippen LogP contribution in [-0.4, -0.2) is 11.0 Å². The second kappa shape index (κ2) is 4.86. The molecule has 1 heterocycles. The van der Waals surface area contributed by atoms with E-state index in [1.807, 2.05) is 6.20 Å². The second-order valence-electron chi connectivity index (χ2n) is 5.24. The van der Waals surface area contributed by atoms with Gasteiger partial charge >= 0.3 is 0 Å². The summed E-state index contributed by atoms with van der Waals surface area (Å²) in [5.74, 6) is 2.60. The van der Waals surface area contributed by atoms with E-state index in [2.05, 4.69) is 43.2 Å². The van der Waals surface area contributed by atoms with Crippen molar-refractivity contribution in [2.75, 3.05) is 5.32 Å². The fourth-order valence-electron chi connectivity index (χ4n) is 2.53. The number of hydrogen-bond donors (Lipinski definition) is 1. The number of aryl methyl sites for hydroxylation is 1. The molecule has 0 amide bonds. The van der Waals surface area contributed by atoms with E-state index in [0.717, 1.165) is 17.7 Å². The zero-order valence-electron chi connectivity index (χ0n) is 10.5. The van der Waals surface area contributed by atoms with Crippen LogP contribution >= 0.6 is 0 Å². The first kappa shape index (κ1) is 11.4. The molecule has 2 heteroatoms. The maximum atomic E-state index is 4.42. The maximum Gasteiger partial charge on any atom is 0.126 e. The molecular weight excluding hydrogens is 196 g/mol. The van der Waals surface area contributed by atoms with E-state index in [9.17, 15) is 0 Å². The zero-order chi connectivity index (χ0) is 11.5. The minimum absolute atomic E-state index is 0.596. The lowest BCUT2D eigenvalue weighted by Crippen LogP contribution is -2.35. The Kier molecular flexibility index (Phi) is 3.47. The number of rotatable bonds is 2. The van der Waals surface area contributed by atoms with E-state index in [-0.39, 0.29) is 0 Å². The molecule has 1 aliphatic rings. The van der Waals surface area contributed by atoms with Crippen molar-refractivity contribution < 1.29 is 0 Å². The van der Waals surface area contributed by atoms with Gasteiger partial charge in [0.15, 0.2) is 0 Å². The van der Waals surface area contributed by atoms with Gasteiger partial charge in [0, 0.05) is 12.2 Å². The highest BCUT2D eigenvalue weighted by Gasteiger charge is 2.26. The van der Waals surface area contributed by atoms with E-state index in [1.54, 1.807) is 0 Å². The number of nitrogens with one attached hydrogen (secondary N) is 1. The fourth-order valence-corrected chi connectivity index (χ4v) is 2.53. The standard InChI is InChI=1S/C14H22N2/c1-10-7-8-14(15-9-10)16-13-6-4-5-11(2)12(13)3/h7-9,11-13H,4-6H2,1-3H3,(H,15,16). The quantitative estimate of drug-likeness (QED) is 0.820. The molecule has 3 unspecified atom stereocenters. The van der Waals surface area contributed by atoms with Gasteiger partial charge in [-0.3, -0.25) is 0 Å². The molecule has 0 aliphatic heterocycles. The molecule has 2 nitrogen and oxygen atoms in total. The molecular formula is C14H22N2. The van der Waals surface area contributed by atoms with Crippen molar-refractivity contribution >= 4 is 5.82 Å². The molecule has 0 bridgehead atoms. The first-order valence-corrected chi connectivity index (χ1v) is 6.36. The van der Waals surface area contributed by atoms with Crippen LogP contribution in [0.4, 0.5) is 5.82 Å². The Labute approximate surface area is 98.5 Å². The van der Waals surface area contributed by atoms with Crippen molar-refractivity contribution in [1.82, 2.24) is 4.98 Å². The molecule has 3 atom stereocenters. The SMILES string of the molecule is Cc1ccc(NC2CCCC(C)C2C)nc1. The molecule has 2 rings (SSSR count). The third-order valence-corrected chi connectivity index (χ3v) is 3.95. The highest BCUT2D eigenvalue weighted by atomic mass is 15.0. The molecule has 1 aromatic rings. The third kappa shape index (κ3) is 2.55. The van der Waals surface area contributed by atoms with E-state index in [0.29, 0.717) is 6.04 Å². The van der Waals surface area contributed by atoms with Gasteiger partial charge in [-0.1, -0.05) is 32.8 Å². The highest BCUT2D eigenvalue weighted by molar-refractivity contribution is 5.36. The Morgan fingerprint density at radius 3 is 2.75 bits per heavy atom. The Hall–Kier alpha value is -1.05. The Morgan fingerprint density at radius 1 is 1.25 bits per heavy atom. The van der Waals surface area contributed by atoms with Crippen molar-refractivity contribution in [2.24, 2.45) is 11.8 Å². The van der Waals surface area contributed by atoms with Crippen molar-refractivity contribution in [3.63, 3.8) is 0 Å². The van der Waals surface area contributed by atoms with Gasteiger partial charge in [0.05, 0.1) is 0 Å². The van der Waals surface area contributed by atoms with Crippen LogP contribution in [0.3, 0.4) is 0 Å². The topological polar surface area (TPSA) is 24.9 Å². The summed E-state index contributed by atoms with van der Waals surface area (Å²) < 4.78 is 0. The van der Waals surface area contributed by atoms with Gasteiger partial charge in [-0.15, -0.1) is 0 Å². The normalized spacial score (nSPS) is 30.1. The Morgan fingerprint density at radius 2 is 2.06 bits per heavy atom. The smallest absolute Gasteiger partial charge is 0.126 e. The molecule has 0 saturated heterocycles. The van der Waals surface area contributed by atoms with Crippen LogP contribution in [0.1, 0.15) is 38.7 Å². The molecule has 1 aromatic heterocycles.